The highest BCUT2D eigenvalue weighted by molar-refractivity contribution is 6.30. The number of aromatic carboxylic acids is 1. The third kappa shape index (κ3) is 3.61. The molecule has 2 aromatic heterocycles. The average molecular weight is 433 g/mol. The maximum atomic E-state index is 11.1. The van der Waals surface area contributed by atoms with Gasteiger partial charge < -0.3 is 16.6 Å². The van der Waals surface area contributed by atoms with Crippen molar-refractivity contribution in [2.45, 2.75) is 0 Å². The van der Waals surface area contributed by atoms with Crippen molar-refractivity contribution < 1.29 is 9.90 Å². The van der Waals surface area contributed by atoms with Gasteiger partial charge in [0.15, 0.2) is 17.2 Å². The van der Waals surface area contributed by atoms with Gasteiger partial charge in [0.1, 0.15) is 17.5 Å². The molecule has 0 amide bonds. The number of halogens is 1. The number of rotatable bonds is 4. The molecule has 0 saturated heterocycles. The van der Waals surface area contributed by atoms with E-state index in [9.17, 15) is 10.1 Å². The van der Waals surface area contributed by atoms with Crippen LogP contribution in [0.15, 0.2) is 58.8 Å². The van der Waals surface area contributed by atoms with E-state index < -0.39 is 5.97 Å². The van der Waals surface area contributed by atoms with Crippen LogP contribution in [0.2, 0.25) is 5.02 Å². The normalized spacial score (nSPS) is 11.1. The minimum atomic E-state index is -1.08. The number of hydrogen-bond donors (Lipinski definition) is 3. The van der Waals surface area contributed by atoms with Crippen molar-refractivity contribution in [3.8, 4) is 17.3 Å². The molecule has 0 fully saturated rings. The fraction of sp³-hybridized carbons (Fsp3) is 0. The van der Waals surface area contributed by atoms with Crippen LogP contribution in [0.3, 0.4) is 0 Å². The van der Waals surface area contributed by atoms with Gasteiger partial charge in [-0.15, -0.1) is 10.2 Å². The van der Waals surface area contributed by atoms with E-state index in [-0.39, 0.29) is 34.1 Å². The van der Waals surface area contributed by atoms with Crippen molar-refractivity contribution in [3.63, 3.8) is 0 Å². The van der Waals surface area contributed by atoms with Crippen LogP contribution in [0.25, 0.3) is 16.9 Å². The first-order valence-corrected chi connectivity index (χ1v) is 9.15. The Morgan fingerprint density at radius 2 is 1.90 bits per heavy atom. The number of aromatic nitrogens is 3. The van der Waals surface area contributed by atoms with Gasteiger partial charge in [-0.2, -0.15) is 14.9 Å². The Hall–Kier alpha value is -4.49. The highest BCUT2D eigenvalue weighted by atomic mass is 35.5. The first kappa shape index (κ1) is 19.8. The van der Waals surface area contributed by atoms with Gasteiger partial charge in [0.2, 0.25) is 0 Å². The summed E-state index contributed by atoms with van der Waals surface area (Å²) in [7, 11) is 0. The van der Waals surface area contributed by atoms with Gasteiger partial charge in [-0.25, -0.2) is 9.78 Å². The summed E-state index contributed by atoms with van der Waals surface area (Å²) >= 11 is 5.95. The van der Waals surface area contributed by atoms with Crippen molar-refractivity contribution in [1.29, 1.82) is 5.26 Å². The standard InChI is InChI=1S/C20H13ClN8O2/c21-12-6-4-10(5-7-12)15-14(9-22)18(24)29-19(25-15)16(17(23)28-29)27-26-13-3-1-2-11(8-13)20(30)31/h1-8H,24H2,(H2,23,28)(H,30,31). The molecule has 10 nitrogen and oxygen atoms in total. The van der Waals surface area contributed by atoms with Gasteiger partial charge >= 0.3 is 5.97 Å². The number of carboxylic acid groups (broad SMARTS) is 1. The number of benzene rings is 2. The Labute approximate surface area is 180 Å². The van der Waals surface area contributed by atoms with E-state index in [2.05, 4.69) is 20.3 Å². The summed E-state index contributed by atoms with van der Waals surface area (Å²) in [5.41, 5.74) is 13.9. The van der Waals surface area contributed by atoms with E-state index in [1.54, 1.807) is 36.4 Å². The molecular formula is C20H13ClN8O2. The summed E-state index contributed by atoms with van der Waals surface area (Å²) in [6, 6.07) is 14.7. The number of hydrogen-bond acceptors (Lipinski definition) is 8. The topological polar surface area (TPSA) is 168 Å². The lowest BCUT2D eigenvalue weighted by Gasteiger charge is -2.08. The van der Waals surface area contributed by atoms with Gasteiger partial charge in [-0.05, 0) is 30.3 Å². The maximum Gasteiger partial charge on any atom is 0.335 e. The van der Waals surface area contributed by atoms with Crippen LogP contribution in [0.5, 0.6) is 0 Å². The van der Waals surface area contributed by atoms with Gasteiger partial charge in [0, 0.05) is 10.6 Å². The molecule has 2 heterocycles. The Morgan fingerprint density at radius 3 is 2.58 bits per heavy atom. The number of nitriles is 1. The molecule has 0 radical (unpaired) electrons. The van der Waals surface area contributed by atoms with Crippen LogP contribution in [-0.2, 0) is 0 Å². The Bertz CT molecular complexity index is 1400. The fourth-order valence-electron chi connectivity index (χ4n) is 2.91. The molecule has 152 valence electrons. The summed E-state index contributed by atoms with van der Waals surface area (Å²) < 4.78 is 1.22. The Kier molecular flexibility index (Phi) is 4.94. The predicted octanol–water partition coefficient (Wildman–Crippen LogP) is 4.20. The van der Waals surface area contributed by atoms with Crippen molar-refractivity contribution in [2.75, 3.05) is 11.5 Å². The van der Waals surface area contributed by atoms with Crippen LogP contribution in [0.1, 0.15) is 15.9 Å². The molecule has 2 aromatic carbocycles. The number of nitrogens with two attached hydrogens (primary N) is 2. The van der Waals surface area contributed by atoms with Crippen molar-refractivity contribution in [1.82, 2.24) is 14.6 Å². The molecule has 4 rings (SSSR count). The monoisotopic (exact) mass is 432 g/mol. The number of anilines is 2. The van der Waals surface area contributed by atoms with Crippen LogP contribution in [0.4, 0.5) is 23.0 Å². The first-order chi connectivity index (χ1) is 14.9. The number of carboxylic acids is 1. The second-order valence-electron chi connectivity index (χ2n) is 6.36. The molecule has 4 aromatic rings. The molecule has 0 atom stereocenters. The van der Waals surface area contributed by atoms with Gasteiger partial charge in [0.05, 0.1) is 16.9 Å². The average Bonchev–Trinajstić information content (AvgIpc) is 3.08. The van der Waals surface area contributed by atoms with E-state index in [1.165, 1.54) is 16.6 Å². The van der Waals surface area contributed by atoms with E-state index in [1.807, 2.05) is 6.07 Å². The second kappa shape index (κ2) is 7.74. The summed E-state index contributed by atoms with van der Waals surface area (Å²) in [5.74, 6) is -1.05. The van der Waals surface area contributed by atoms with Gasteiger partial charge in [-0.3, -0.25) is 0 Å². The molecule has 0 saturated carbocycles. The maximum absolute atomic E-state index is 11.1. The number of nitrogens with zero attached hydrogens (tertiary/aromatic N) is 6. The van der Waals surface area contributed by atoms with Crippen LogP contribution >= 0.6 is 11.6 Å². The lowest BCUT2D eigenvalue weighted by atomic mass is 10.1. The van der Waals surface area contributed by atoms with Gasteiger partial charge in [-0.1, -0.05) is 29.8 Å². The van der Waals surface area contributed by atoms with Crippen molar-refractivity contribution in [3.05, 3.63) is 64.7 Å². The zero-order valence-electron chi connectivity index (χ0n) is 15.7. The fourth-order valence-corrected chi connectivity index (χ4v) is 3.03. The molecule has 0 aliphatic rings. The quantitative estimate of drug-likeness (QED) is 0.406. The van der Waals surface area contributed by atoms with Crippen LogP contribution < -0.4 is 11.5 Å². The second-order valence-corrected chi connectivity index (χ2v) is 6.80. The Balaban J connectivity index is 1.88. The Morgan fingerprint density at radius 1 is 1.16 bits per heavy atom. The summed E-state index contributed by atoms with van der Waals surface area (Å²) in [6.07, 6.45) is 0. The first-order valence-electron chi connectivity index (χ1n) is 8.78. The minimum Gasteiger partial charge on any atom is -0.478 e. The third-order valence-corrected chi connectivity index (χ3v) is 4.64. The molecule has 0 aliphatic carbocycles. The summed E-state index contributed by atoms with van der Waals surface area (Å²) in [4.78, 5) is 15.7. The van der Waals surface area contributed by atoms with E-state index >= 15 is 0 Å². The number of azo groups is 1. The minimum absolute atomic E-state index is 0.00511. The number of fused-ring (bicyclic) bond motifs is 1. The lowest BCUT2D eigenvalue weighted by Crippen LogP contribution is -2.06. The molecular weight excluding hydrogens is 420 g/mol. The van der Waals surface area contributed by atoms with Crippen molar-refractivity contribution >= 4 is 46.2 Å². The molecule has 11 heteroatoms. The van der Waals surface area contributed by atoms with E-state index in [4.69, 9.17) is 28.2 Å². The van der Waals surface area contributed by atoms with E-state index in [0.717, 1.165) is 0 Å². The summed E-state index contributed by atoms with van der Waals surface area (Å²) in [5, 5.41) is 31.5. The highest BCUT2D eigenvalue weighted by Crippen LogP contribution is 2.34. The smallest absolute Gasteiger partial charge is 0.335 e. The molecule has 0 aliphatic heterocycles. The van der Waals surface area contributed by atoms with E-state index in [0.29, 0.717) is 22.0 Å². The molecule has 0 spiro atoms. The molecule has 0 unspecified atom stereocenters. The van der Waals surface area contributed by atoms with Gasteiger partial charge in [0.25, 0.3) is 0 Å². The number of carbonyl (C=O) groups is 1. The van der Waals surface area contributed by atoms with Crippen LogP contribution in [-0.4, -0.2) is 25.7 Å². The predicted molar refractivity (Wildman–Crippen MR) is 115 cm³/mol. The zero-order valence-corrected chi connectivity index (χ0v) is 16.4. The summed E-state index contributed by atoms with van der Waals surface area (Å²) in [6.45, 7) is 0. The molecule has 0 bridgehead atoms. The van der Waals surface area contributed by atoms with Crippen LogP contribution in [0, 0.1) is 11.3 Å². The SMILES string of the molecule is N#Cc1c(-c2ccc(Cl)cc2)nc2c(N=Nc3cccc(C(=O)O)c3)c(N)nn2c1N. The van der Waals surface area contributed by atoms with Crippen molar-refractivity contribution in [2.24, 2.45) is 10.2 Å². The largest absolute Gasteiger partial charge is 0.478 e. The number of nitrogen functional groups attached to an aromatic ring is 2. The zero-order chi connectivity index (χ0) is 22.1. The molecule has 31 heavy (non-hydrogen) atoms. The highest BCUT2D eigenvalue weighted by Gasteiger charge is 2.20. The lowest BCUT2D eigenvalue weighted by molar-refractivity contribution is 0.0697. The third-order valence-electron chi connectivity index (χ3n) is 4.39. The molecule has 5 N–H and O–H groups in total.